The molecule has 0 unspecified atom stereocenters. The molecule has 0 saturated carbocycles. The lowest BCUT2D eigenvalue weighted by molar-refractivity contribution is 0.0961. The Morgan fingerprint density at radius 2 is 2.12 bits per heavy atom. The van der Waals surface area contributed by atoms with Gasteiger partial charge in [-0.15, -0.1) is 0 Å². The van der Waals surface area contributed by atoms with Crippen molar-refractivity contribution in [3.8, 4) is 0 Å². The molecular formula is C10H14ClNO4S. The highest BCUT2D eigenvalue weighted by molar-refractivity contribution is 7.89. The number of aliphatic hydroxyl groups excluding tert-OH is 1. The maximum absolute atomic E-state index is 11.7. The molecule has 1 aromatic carbocycles. The highest BCUT2D eigenvalue weighted by Gasteiger charge is 2.13. The smallest absolute Gasteiger partial charge is 0.240 e. The zero-order valence-electron chi connectivity index (χ0n) is 9.10. The SMILES string of the molecule is O=S(=O)(NCCOCCO)c1cccc(Cl)c1. The van der Waals surface area contributed by atoms with Gasteiger partial charge in [0.2, 0.25) is 10.0 Å². The van der Waals surface area contributed by atoms with E-state index in [1.807, 2.05) is 0 Å². The molecule has 0 amide bonds. The third-order valence-electron chi connectivity index (χ3n) is 1.88. The number of benzene rings is 1. The van der Waals surface area contributed by atoms with Crippen molar-refractivity contribution in [1.29, 1.82) is 0 Å². The number of nitrogens with one attached hydrogen (secondary N) is 1. The van der Waals surface area contributed by atoms with E-state index in [0.717, 1.165) is 0 Å². The van der Waals surface area contributed by atoms with Gasteiger partial charge in [-0.3, -0.25) is 0 Å². The number of aliphatic hydroxyl groups is 1. The van der Waals surface area contributed by atoms with Crippen LogP contribution in [0.2, 0.25) is 5.02 Å². The molecule has 2 N–H and O–H groups in total. The molecule has 0 heterocycles. The molecule has 0 atom stereocenters. The van der Waals surface area contributed by atoms with Crippen molar-refractivity contribution in [2.75, 3.05) is 26.4 Å². The fraction of sp³-hybridized carbons (Fsp3) is 0.400. The number of rotatable bonds is 7. The van der Waals surface area contributed by atoms with Crippen molar-refractivity contribution in [2.45, 2.75) is 4.90 Å². The van der Waals surface area contributed by atoms with E-state index in [1.165, 1.54) is 12.1 Å². The number of sulfonamides is 1. The van der Waals surface area contributed by atoms with Crippen LogP contribution >= 0.6 is 11.6 Å². The van der Waals surface area contributed by atoms with Crippen LogP contribution in [0.3, 0.4) is 0 Å². The Morgan fingerprint density at radius 1 is 1.35 bits per heavy atom. The Morgan fingerprint density at radius 3 is 2.76 bits per heavy atom. The Kier molecular flexibility index (Phi) is 5.87. The minimum absolute atomic E-state index is 0.0823. The summed E-state index contributed by atoms with van der Waals surface area (Å²) in [6.45, 7) is 0.467. The highest BCUT2D eigenvalue weighted by atomic mass is 35.5. The summed E-state index contributed by atoms with van der Waals surface area (Å²) >= 11 is 5.71. The summed E-state index contributed by atoms with van der Waals surface area (Å²) < 4.78 is 30.8. The average Bonchev–Trinajstić information content (AvgIpc) is 2.29. The first-order valence-electron chi connectivity index (χ1n) is 5.00. The number of ether oxygens (including phenoxy) is 1. The first-order chi connectivity index (χ1) is 8.06. The van der Waals surface area contributed by atoms with Crippen LogP contribution in [0.25, 0.3) is 0 Å². The zero-order valence-corrected chi connectivity index (χ0v) is 10.7. The first-order valence-corrected chi connectivity index (χ1v) is 6.86. The van der Waals surface area contributed by atoms with Crippen LogP contribution in [0.5, 0.6) is 0 Å². The molecule has 0 spiro atoms. The van der Waals surface area contributed by atoms with E-state index < -0.39 is 10.0 Å². The lowest BCUT2D eigenvalue weighted by Gasteiger charge is -2.07. The van der Waals surface area contributed by atoms with Crippen molar-refractivity contribution in [2.24, 2.45) is 0 Å². The predicted molar refractivity (Wildman–Crippen MR) is 64.5 cm³/mol. The Labute approximate surface area is 105 Å². The Hall–Kier alpha value is -0.660. The maximum atomic E-state index is 11.7. The standard InChI is InChI=1S/C10H14ClNO4S/c11-9-2-1-3-10(8-9)17(14,15)12-4-6-16-7-5-13/h1-3,8,12-13H,4-7H2. The van der Waals surface area contributed by atoms with Crippen LogP contribution in [-0.4, -0.2) is 39.9 Å². The van der Waals surface area contributed by atoms with Gasteiger partial charge in [0.05, 0.1) is 24.7 Å². The third kappa shape index (κ3) is 5.01. The van der Waals surface area contributed by atoms with Gasteiger partial charge in [-0.05, 0) is 18.2 Å². The van der Waals surface area contributed by atoms with Crippen molar-refractivity contribution < 1.29 is 18.3 Å². The lowest BCUT2D eigenvalue weighted by Crippen LogP contribution is -2.27. The molecular weight excluding hydrogens is 266 g/mol. The molecule has 5 nitrogen and oxygen atoms in total. The van der Waals surface area contributed by atoms with Crippen LogP contribution < -0.4 is 4.72 Å². The van der Waals surface area contributed by atoms with E-state index in [1.54, 1.807) is 12.1 Å². The van der Waals surface area contributed by atoms with E-state index in [0.29, 0.717) is 5.02 Å². The summed E-state index contributed by atoms with van der Waals surface area (Å²) in [7, 11) is -3.55. The van der Waals surface area contributed by atoms with Crippen molar-refractivity contribution >= 4 is 21.6 Å². The summed E-state index contributed by atoms with van der Waals surface area (Å²) in [5.41, 5.74) is 0. The van der Waals surface area contributed by atoms with Gasteiger partial charge in [-0.1, -0.05) is 17.7 Å². The quantitative estimate of drug-likeness (QED) is 0.718. The molecule has 0 fully saturated rings. The van der Waals surface area contributed by atoms with Gasteiger partial charge in [-0.2, -0.15) is 0 Å². The van der Waals surface area contributed by atoms with Gasteiger partial charge >= 0.3 is 0 Å². The second-order valence-electron chi connectivity index (χ2n) is 3.19. The van der Waals surface area contributed by atoms with E-state index in [2.05, 4.69) is 4.72 Å². The first kappa shape index (κ1) is 14.4. The van der Waals surface area contributed by atoms with Crippen LogP contribution in [0, 0.1) is 0 Å². The highest BCUT2D eigenvalue weighted by Crippen LogP contribution is 2.14. The van der Waals surface area contributed by atoms with Gasteiger partial charge in [-0.25, -0.2) is 13.1 Å². The third-order valence-corrected chi connectivity index (χ3v) is 3.57. The largest absolute Gasteiger partial charge is 0.394 e. The summed E-state index contributed by atoms with van der Waals surface area (Å²) in [6, 6.07) is 6.01. The second kappa shape index (κ2) is 6.93. The molecule has 17 heavy (non-hydrogen) atoms. The summed E-state index contributed by atoms with van der Waals surface area (Å²) in [6.07, 6.45) is 0. The molecule has 0 saturated heterocycles. The Balaban J connectivity index is 2.51. The van der Waals surface area contributed by atoms with Crippen LogP contribution in [-0.2, 0) is 14.8 Å². The van der Waals surface area contributed by atoms with Crippen LogP contribution in [0.4, 0.5) is 0 Å². The molecule has 0 aliphatic heterocycles. The summed E-state index contributed by atoms with van der Waals surface area (Å²) in [5, 5.41) is 8.82. The van der Waals surface area contributed by atoms with Gasteiger partial charge in [0.25, 0.3) is 0 Å². The fourth-order valence-corrected chi connectivity index (χ4v) is 2.45. The Bertz CT molecular complexity index is 449. The summed E-state index contributed by atoms with van der Waals surface area (Å²) in [5.74, 6) is 0. The average molecular weight is 280 g/mol. The normalized spacial score (nSPS) is 11.6. The predicted octanol–water partition coefficient (Wildman–Crippen LogP) is 0.627. The maximum Gasteiger partial charge on any atom is 0.240 e. The van der Waals surface area contributed by atoms with Crippen molar-refractivity contribution in [3.63, 3.8) is 0 Å². The zero-order chi connectivity index (χ0) is 12.7. The minimum Gasteiger partial charge on any atom is -0.394 e. The fourth-order valence-electron chi connectivity index (χ4n) is 1.13. The molecule has 1 aromatic rings. The molecule has 0 aliphatic rings. The van der Waals surface area contributed by atoms with Crippen LogP contribution in [0.15, 0.2) is 29.2 Å². The topological polar surface area (TPSA) is 75.6 Å². The van der Waals surface area contributed by atoms with Gasteiger partial charge in [0.15, 0.2) is 0 Å². The van der Waals surface area contributed by atoms with Crippen molar-refractivity contribution in [1.82, 2.24) is 4.72 Å². The molecule has 7 heteroatoms. The monoisotopic (exact) mass is 279 g/mol. The number of halogens is 1. The molecule has 0 aliphatic carbocycles. The van der Waals surface area contributed by atoms with E-state index >= 15 is 0 Å². The molecule has 1 rings (SSSR count). The molecule has 0 radical (unpaired) electrons. The minimum atomic E-state index is -3.55. The summed E-state index contributed by atoms with van der Waals surface area (Å²) in [4.78, 5) is 0.118. The van der Waals surface area contributed by atoms with E-state index in [4.69, 9.17) is 21.4 Å². The number of hydrogen-bond donors (Lipinski definition) is 2. The lowest BCUT2D eigenvalue weighted by atomic mass is 10.4. The number of hydrogen-bond acceptors (Lipinski definition) is 4. The van der Waals surface area contributed by atoms with E-state index in [9.17, 15) is 8.42 Å². The molecule has 0 aromatic heterocycles. The van der Waals surface area contributed by atoms with E-state index in [-0.39, 0.29) is 31.3 Å². The molecule has 96 valence electrons. The van der Waals surface area contributed by atoms with Crippen LogP contribution in [0.1, 0.15) is 0 Å². The van der Waals surface area contributed by atoms with Crippen molar-refractivity contribution in [3.05, 3.63) is 29.3 Å². The second-order valence-corrected chi connectivity index (χ2v) is 5.39. The van der Waals surface area contributed by atoms with Gasteiger partial charge in [0, 0.05) is 11.6 Å². The van der Waals surface area contributed by atoms with Gasteiger partial charge < -0.3 is 9.84 Å². The van der Waals surface area contributed by atoms with Gasteiger partial charge in [0.1, 0.15) is 0 Å². The molecule has 0 bridgehead atoms.